The van der Waals surface area contributed by atoms with E-state index in [0.29, 0.717) is 17.9 Å². The number of benzene rings is 2. The van der Waals surface area contributed by atoms with Gasteiger partial charge in [-0.1, -0.05) is 38.1 Å². The Morgan fingerprint density at radius 1 is 0.977 bits per heavy atom. The van der Waals surface area contributed by atoms with Gasteiger partial charge >= 0.3 is 0 Å². The summed E-state index contributed by atoms with van der Waals surface area (Å²) in [6.45, 7) is 5.53. The van der Waals surface area contributed by atoms with Crippen molar-refractivity contribution in [1.29, 1.82) is 0 Å². The smallest absolute Gasteiger partial charge is 0.244 e. The van der Waals surface area contributed by atoms with Crippen molar-refractivity contribution in [3.63, 3.8) is 0 Å². The molecule has 2 atom stereocenters. The van der Waals surface area contributed by atoms with Crippen molar-refractivity contribution in [2.45, 2.75) is 96.2 Å². The van der Waals surface area contributed by atoms with E-state index < -0.39 is 28.5 Å². The highest BCUT2D eigenvalue weighted by atomic mass is 32.2. The summed E-state index contributed by atoms with van der Waals surface area (Å²) < 4.78 is 32.9. The first-order valence-corrected chi connectivity index (χ1v) is 18.1. The Hall–Kier alpha value is -3.07. The van der Waals surface area contributed by atoms with Gasteiger partial charge in [-0.3, -0.25) is 13.9 Å². The van der Waals surface area contributed by atoms with Crippen LogP contribution in [0.1, 0.15) is 83.3 Å². The van der Waals surface area contributed by atoms with Crippen molar-refractivity contribution in [2.75, 3.05) is 24.2 Å². The molecule has 0 radical (unpaired) electrons. The molecule has 6 rings (SSSR count). The summed E-state index contributed by atoms with van der Waals surface area (Å²) in [5.74, 6) is 2.39. The molecule has 4 bridgehead atoms. The molecule has 1 N–H and O–H groups in total. The van der Waals surface area contributed by atoms with Crippen LogP contribution in [0.15, 0.2) is 48.5 Å². The zero-order chi connectivity index (χ0) is 31.6. The average Bonchev–Trinajstić information content (AvgIpc) is 2.98. The van der Waals surface area contributed by atoms with E-state index >= 15 is 0 Å². The van der Waals surface area contributed by atoms with Crippen LogP contribution in [0.2, 0.25) is 0 Å². The monoisotopic (exact) mass is 623 g/mol. The molecule has 2 amide bonds. The fourth-order valence-electron chi connectivity index (χ4n) is 8.39. The molecule has 9 heteroatoms. The minimum atomic E-state index is -3.80. The zero-order valence-electron chi connectivity index (χ0n) is 26.9. The number of ether oxygens (including phenoxy) is 1. The maximum absolute atomic E-state index is 14.1. The third-order valence-electron chi connectivity index (χ3n) is 10.4. The van der Waals surface area contributed by atoms with Crippen molar-refractivity contribution in [3.8, 4) is 5.75 Å². The van der Waals surface area contributed by atoms with Gasteiger partial charge in [0.15, 0.2) is 0 Å². The lowest BCUT2D eigenvalue weighted by Gasteiger charge is -2.57. The average molecular weight is 624 g/mol. The van der Waals surface area contributed by atoms with E-state index in [1.54, 1.807) is 7.11 Å². The molecule has 44 heavy (non-hydrogen) atoms. The summed E-state index contributed by atoms with van der Waals surface area (Å²) in [5, 5.41) is 3.01. The van der Waals surface area contributed by atoms with Gasteiger partial charge in [0.2, 0.25) is 21.8 Å². The number of hydrogen-bond acceptors (Lipinski definition) is 5. The minimum Gasteiger partial charge on any atom is -0.497 e. The minimum absolute atomic E-state index is 0.0506. The van der Waals surface area contributed by atoms with E-state index in [4.69, 9.17) is 4.74 Å². The summed E-state index contributed by atoms with van der Waals surface area (Å²) in [4.78, 5) is 29.0. The predicted molar refractivity (Wildman–Crippen MR) is 174 cm³/mol. The van der Waals surface area contributed by atoms with Crippen molar-refractivity contribution in [2.24, 2.45) is 17.8 Å². The summed E-state index contributed by atoms with van der Waals surface area (Å²) >= 11 is 0. The Morgan fingerprint density at radius 2 is 1.59 bits per heavy atom. The van der Waals surface area contributed by atoms with Crippen molar-refractivity contribution in [1.82, 2.24) is 10.2 Å². The van der Waals surface area contributed by atoms with Crippen LogP contribution >= 0.6 is 0 Å². The third kappa shape index (κ3) is 6.93. The van der Waals surface area contributed by atoms with E-state index in [1.165, 1.54) is 53.3 Å². The van der Waals surface area contributed by atoms with Crippen molar-refractivity contribution in [3.05, 3.63) is 59.7 Å². The van der Waals surface area contributed by atoms with Crippen LogP contribution in [-0.2, 0) is 31.6 Å². The third-order valence-corrected chi connectivity index (χ3v) is 11.5. The summed E-state index contributed by atoms with van der Waals surface area (Å²) in [7, 11) is -2.22. The molecule has 0 aromatic heterocycles. The maximum Gasteiger partial charge on any atom is 0.244 e. The maximum atomic E-state index is 14.1. The lowest BCUT2D eigenvalue weighted by Crippen LogP contribution is -2.53. The van der Waals surface area contributed by atoms with E-state index in [0.717, 1.165) is 36.0 Å². The number of nitrogens with zero attached hydrogens (tertiary/aromatic N) is 2. The number of hydrogen-bond donors (Lipinski definition) is 1. The standard InChI is InChI=1S/C35H49N3O5S/c1-6-24(3)36-34(40)32(7-2)37(22-25-9-8-10-31(18-25)43-4)33(39)23-38(44(5,41)42)30-13-11-29(12-14-30)35-19-26-15-27(20-35)17-28(16-26)21-35/h8-14,18,24,26-28,32H,6-7,15-17,19-23H2,1-5H3,(H,36,40)/t24-,26?,27?,28?,32-,35?/m0/s1. The molecule has 0 unspecified atom stereocenters. The van der Waals surface area contributed by atoms with Gasteiger partial charge in [-0.25, -0.2) is 8.42 Å². The second-order valence-corrected chi connectivity index (χ2v) is 15.5. The molecule has 8 nitrogen and oxygen atoms in total. The Bertz CT molecular complexity index is 1410. The van der Waals surface area contributed by atoms with Gasteiger partial charge in [-0.2, -0.15) is 0 Å². The fourth-order valence-corrected chi connectivity index (χ4v) is 9.24. The number of carbonyl (C=O) groups is 2. The summed E-state index contributed by atoms with van der Waals surface area (Å²) in [6, 6.07) is 14.5. The highest BCUT2D eigenvalue weighted by Gasteiger charge is 2.51. The van der Waals surface area contributed by atoms with Gasteiger partial charge in [0.25, 0.3) is 0 Å². The van der Waals surface area contributed by atoms with Gasteiger partial charge < -0.3 is 15.0 Å². The number of rotatable bonds is 13. The summed E-state index contributed by atoms with van der Waals surface area (Å²) in [5.41, 5.74) is 2.75. The molecule has 4 aliphatic carbocycles. The normalized spacial score (nSPS) is 25.2. The molecule has 0 heterocycles. The van der Waals surface area contributed by atoms with E-state index in [-0.39, 0.29) is 23.9 Å². The largest absolute Gasteiger partial charge is 0.497 e. The Morgan fingerprint density at radius 3 is 2.11 bits per heavy atom. The molecule has 4 fully saturated rings. The van der Waals surface area contributed by atoms with Gasteiger partial charge in [0.1, 0.15) is 18.3 Å². The molecule has 0 aliphatic heterocycles. The number of nitrogens with one attached hydrogen (secondary N) is 1. The number of anilines is 1. The molecule has 4 aliphatic rings. The molecular weight excluding hydrogens is 574 g/mol. The molecule has 0 spiro atoms. The molecule has 2 aromatic rings. The molecular formula is C35H49N3O5S. The Kier molecular flexibility index (Phi) is 9.64. The number of methoxy groups -OCH3 is 1. The Balaban J connectivity index is 1.41. The first-order valence-electron chi connectivity index (χ1n) is 16.3. The predicted octanol–water partition coefficient (Wildman–Crippen LogP) is 5.65. The van der Waals surface area contributed by atoms with Crippen LogP contribution in [0.25, 0.3) is 0 Å². The lowest BCUT2D eigenvalue weighted by molar-refractivity contribution is -0.140. The highest BCUT2D eigenvalue weighted by Crippen LogP contribution is 2.60. The molecule has 2 aromatic carbocycles. The number of amides is 2. The lowest BCUT2D eigenvalue weighted by atomic mass is 9.48. The van der Waals surface area contributed by atoms with Crippen LogP contribution < -0.4 is 14.4 Å². The molecule has 0 saturated heterocycles. The SMILES string of the molecule is CC[C@H](C)NC(=O)[C@H](CC)N(Cc1cccc(OC)c1)C(=O)CN(c1ccc(C23CC4CC(CC(C4)C2)C3)cc1)S(C)(=O)=O. The second kappa shape index (κ2) is 13.1. The Labute approximate surface area is 263 Å². The van der Waals surface area contributed by atoms with E-state index in [1.807, 2.05) is 57.2 Å². The van der Waals surface area contributed by atoms with Crippen molar-refractivity contribution < 1.29 is 22.7 Å². The number of sulfonamides is 1. The second-order valence-electron chi connectivity index (χ2n) is 13.6. The first kappa shape index (κ1) is 32.3. The van der Waals surface area contributed by atoms with Crippen LogP contribution in [0.3, 0.4) is 0 Å². The van der Waals surface area contributed by atoms with Crippen LogP contribution in [-0.4, -0.2) is 57.1 Å². The van der Waals surface area contributed by atoms with Gasteiger partial charge in [-0.15, -0.1) is 0 Å². The number of carbonyl (C=O) groups excluding carboxylic acids is 2. The first-order chi connectivity index (χ1) is 20.9. The van der Waals surface area contributed by atoms with Gasteiger partial charge in [0, 0.05) is 12.6 Å². The van der Waals surface area contributed by atoms with Crippen molar-refractivity contribution >= 4 is 27.5 Å². The highest BCUT2D eigenvalue weighted by molar-refractivity contribution is 7.92. The van der Waals surface area contributed by atoms with Gasteiger partial charge in [0.05, 0.1) is 19.1 Å². The quantitative estimate of drug-likeness (QED) is 0.311. The van der Waals surface area contributed by atoms with Crippen LogP contribution in [0.4, 0.5) is 5.69 Å². The topological polar surface area (TPSA) is 96.0 Å². The van der Waals surface area contributed by atoms with Gasteiger partial charge in [-0.05, 0) is 117 Å². The molecule has 4 saturated carbocycles. The fraction of sp³-hybridized carbons (Fsp3) is 0.600. The zero-order valence-corrected chi connectivity index (χ0v) is 27.7. The summed E-state index contributed by atoms with van der Waals surface area (Å²) in [6.07, 6.45) is 10.0. The van der Waals surface area contributed by atoms with Crippen LogP contribution in [0, 0.1) is 17.8 Å². The van der Waals surface area contributed by atoms with E-state index in [9.17, 15) is 18.0 Å². The van der Waals surface area contributed by atoms with E-state index in [2.05, 4.69) is 17.4 Å². The van der Waals surface area contributed by atoms with Crippen LogP contribution in [0.5, 0.6) is 5.75 Å². The molecule has 240 valence electrons.